The first-order valence-electron chi connectivity index (χ1n) is 7.05. The van der Waals surface area contributed by atoms with Crippen LogP contribution in [0.1, 0.15) is 25.7 Å². The van der Waals surface area contributed by atoms with Gasteiger partial charge < -0.3 is 24.3 Å². The highest BCUT2D eigenvalue weighted by atomic mass is 16.7. The molecule has 1 unspecified atom stereocenters. The van der Waals surface area contributed by atoms with E-state index in [0.29, 0.717) is 33.0 Å². The van der Waals surface area contributed by atoms with Crippen LogP contribution in [0.5, 0.6) is 0 Å². The fraction of sp³-hybridized carbons (Fsp3) is 0.923. The van der Waals surface area contributed by atoms with Gasteiger partial charge in [0.05, 0.1) is 33.0 Å². The number of hydrogen-bond donors (Lipinski definition) is 1. The Hall–Kier alpha value is -0.690. The lowest BCUT2D eigenvalue weighted by atomic mass is 9.90. The van der Waals surface area contributed by atoms with Crippen LogP contribution < -0.4 is 5.32 Å². The van der Waals surface area contributed by atoms with Gasteiger partial charge in [0.1, 0.15) is 0 Å². The van der Waals surface area contributed by atoms with Gasteiger partial charge in [-0.15, -0.1) is 0 Å². The molecule has 19 heavy (non-hydrogen) atoms. The number of rotatable bonds is 2. The Morgan fingerprint density at radius 3 is 2.42 bits per heavy atom. The zero-order valence-corrected chi connectivity index (χ0v) is 11.1. The van der Waals surface area contributed by atoms with E-state index in [-0.39, 0.29) is 17.7 Å². The third-order valence-electron chi connectivity index (χ3n) is 4.02. The molecule has 2 aliphatic heterocycles. The molecule has 1 amide bonds. The van der Waals surface area contributed by atoms with Gasteiger partial charge in [-0.05, 0) is 12.8 Å². The van der Waals surface area contributed by atoms with E-state index in [1.54, 1.807) is 0 Å². The van der Waals surface area contributed by atoms with E-state index in [1.165, 1.54) is 0 Å². The van der Waals surface area contributed by atoms with Crippen molar-refractivity contribution in [3.63, 3.8) is 0 Å². The molecule has 0 aromatic heterocycles. The minimum Gasteiger partial charge on any atom is -0.376 e. The standard InChI is InChI=1S/C13H21NO5/c15-12(11-9-16-5-6-17-11)14-10-1-3-13(4-2-10)18-7-8-19-13/h10-11H,1-9H2,(H,14,15). The monoisotopic (exact) mass is 271 g/mol. The summed E-state index contributed by atoms with van der Waals surface area (Å²) in [6.07, 6.45) is 3.02. The molecule has 3 fully saturated rings. The molecular weight excluding hydrogens is 250 g/mol. The molecule has 2 heterocycles. The van der Waals surface area contributed by atoms with Gasteiger partial charge in [-0.25, -0.2) is 0 Å². The molecule has 108 valence electrons. The second-order valence-corrected chi connectivity index (χ2v) is 5.32. The number of nitrogens with one attached hydrogen (secondary N) is 1. The van der Waals surface area contributed by atoms with Gasteiger partial charge in [0.2, 0.25) is 0 Å². The third-order valence-corrected chi connectivity index (χ3v) is 4.02. The van der Waals surface area contributed by atoms with Gasteiger partial charge in [0, 0.05) is 18.9 Å². The fourth-order valence-corrected chi connectivity index (χ4v) is 2.92. The summed E-state index contributed by atoms with van der Waals surface area (Å²) < 4.78 is 22.0. The van der Waals surface area contributed by atoms with Crippen molar-refractivity contribution in [3.8, 4) is 0 Å². The SMILES string of the molecule is O=C(NC1CCC2(CC1)OCCO2)C1COCCO1. The van der Waals surface area contributed by atoms with Gasteiger partial charge >= 0.3 is 0 Å². The van der Waals surface area contributed by atoms with Crippen molar-refractivity contribution in [2.45, 2.75) is 43.6 Å². The van der Waals surface area contributed by atoms with E-state index in [1.807, 2.05) is 0 Å². The van der Waals surface area contributed by atoms with Gasteiger partial charge in [0.15, 0.2) is 11.9 Å². The highest BCUT2D eigenvalue weighted by molar-refractivity contribution is 5.81. The number of amides is 1. The van der Waals surface area contributed by atoms with Crippen molar-refractivity contribution in [2.75, 3.05) is 33.0 Å². The molecule has 1 atom stereocenters. The minimum absolute atomic E-state index is 0.0612. The normalized spacial score (nSPS) is 31.5. The van der Waals surface area contributed by atoms with E-state index >= 15 is 0 Å². The Kier molecular flexibility index (Phi) is 4.02. The molecule has 0 aromatic carbocycles. The van der Waals surface area contributed by atoms with Gasteiger partial charge in [-0.3, -0.25) is 4.79 Å². The predicted molar refractivity (Wildman–Crippen MR) is 65.6 cm³/mol. The van der Waals surface area contributed by atoms with Crippen molar-refractivity contribution in [1.29, 1.82) is 0 Å². The Balaban J connectivity index is 1.45. The molecule has 0 aromatic rings. The Morgan fingerprint density at radius 2 is 1.79 bits per heavy atom. The first kappa shape index (κ1) is 13.3. The second kappa shape index (κ2) is 5.75. The molecule has 1 saturated carbocycles. The molecular formula is C13H21NO5. The van der Waals surface area contributed by atoms with Crippen LogP contribution in [0, 0.1) is 0 Å². The molecule has 1 aliphatic carbocycles. The summed E-state index contributed by atoms with van der Waals surface area (Å²) >= 11 is 0. The first-order valence-corrected chi connectivity index (χ1v) is 7.05. The van der Waals surface area contributed by atoms with Crippen LogP contribution in [0.4, 0.5) is 0 Å². The van der Waals surface area contributed by atoms with E-state index < -0.39 is 6.10 Å². The predicted octanol–water partition coefficient (Wildman–Crippen LogP) is 0.204. The maximum Gasteiger partial charge on any atom is 0.251 e. The molecule has 0 radical (unpaired) electrons. The topological polar surface area (TPSA) is 66.0 Å². The summed E-state index contributed by atoms with van der Waals surface area (Å²) in [6.45, 7) is 2.79. The highest BCUT2D eigenvalue weighted by Gasteiger charge is 2.40. The summed E-state index contributed by atoms with van der Waals surface area (Å²) in [5.41, 5.74) is 0. The zero-order valence-electron chi connectivity index (χ0n) is 11.1. The summed E-state index contributed by atoms with van der Waals surface area (Å²) in [5, 5.41) is 3.04. The van der Waals surface area contributed by atoms with Crippen molar-refractivity contribution < 1.29 is 23.7 Å². The van der Waals surface area contributed by atoms with Gasteiger partial charge in [0.25, 0.3) is 5.91 Å². The van der Waals surface area contributed by atoms with Crippen molar-refractivity contribution >= 4 is 5.91 Å². The first-order chi connectivity index (χ1) is 9.27. The van der Waals surface area contributed by atoms with Crippen LogP contribution in [-0.4, -0.2) is 56.9 Å². The molecule has 1 N–H and O–H groups in total. The largest absolute Gasteiger partial charge is 0.376 e. The number of ether oxygens (including phenoxy) is 4. The Labute approximate surface area is 112 Å². The Bertz CT molecular complexity index is 313. The lowest BCUT2D eigenvalue weighted by Gasteiger charge is -2.36. The second-order valence-electron chi connectivity index (χ2n) is 5.32. The highest BCUT2D eigenvalue weighted by Crippen LogP contribution is 2.35. The van der Waals surface area contributed by atoms with Gasteiger partial charge in [-0.1, -0.05) is 0 Å². The van der Waals surface area contributed by atoms with E-state index in [9.17, 15) is 4.79 Å². The van der Waals surface area contributed by atoms with Crippen molar-refractivity contribution in [2.24, 2.45) is 0 Å². The van der Waals surface area contributed by atoms with Crippen LogP contribution in [0.3, 0.4) is 0 Å². The number of carbonyl (C=O) groups excluding carboxylic acids is 1. The van der Waals surface area contributed by atoms with Crippen LogP contribution >= 0.6 is 0 Å². The Morgan fingerprint density at radius 1 is 1.05 bits per heavy atom. The number of carbonyl (C=O) groups is 1. The van der Waals surface area contributed by atoms with Crippen LogP contribution in [0.15, 0.2) is 0 Å². The quantitative estimate of drug-likeness (QED) is 0.777. The maximum atomic E-state index is 12.0. The lowest BCUT2D eigenvalue weighted by Crippen LogP contribution is -2.49. The average molecular weight is 271 g/mol. The van der Waals surface area contributed by atoms with Crippen molar-refractivity contribution in [3.05, 3.63) is 0 Å². The minimum atomic E-state index is -0.455. The summed E-state index contributed by atoms with van der Waals surface area (Å²) in [7, 11) is 0. The van der Waals surface area contributed by atoms with Crippen LogP contribution in [0.25, 0.3) is 0 Å². The molecule has 3 rings (SSSR count). The van der Waals surface area contributed by atoms with Crippen LogP contribution in [0.2, 0.25) is 0 Å². The lowest BCUT2D eigenvalue weighted by molar-refractivity contribution is -0.181. The van der Waals surface area contributed by atoms with E-state index in [4.69, 9.17) is 18.9 Å². The maximum absolute atomic E-state index is 12.0. The molecule has 3 aliphatic rings. The third kappa shape index (κ3) is 3.08. The summed E-state index contributed by atoms with van der Waals surface area (Å²) in [5.74, 6) is -0.431. The smallest absolute Gasteiger partial charge is 0.251 e. The molecule has 1 spiro atoms. The molecule has 2 saturated heterocycles. The van der Waals surface area contributed by atoms with Crippen molar-refractivity contribution in [1.82, 2.24) is 5.32 Å². The van der Waals surface area contributed by atoms with E-state index in [0.717, 1.165) is 25.7 Å². The van der Waals surface area contributed by atoms with Crippen LogP contribution in [-0.2, 0) is 23.7 Å². The average Bonchev–Trinajstić information content (AvgIpc) is 2.91. The fourth-order valence-electron chi connectivity index (χ4n) is 2.92. The molecule has 0 bridgehead atoms. The molecule has 6 nitrogen and oxygen atoms in total. The summed E-state index contributed by atoms with van der Waals surface area (Å²) in [6, 6.07) is 0.191. The summed E-state index contributed by atoms with van der Waals surface area (Å²) in [4.78, 5) is 12.0. The van der Waals surface area contributed by atoms with E-state index in [2.05, 4.69) is 5.32 Å². The van der Waals surface area contributed by atoms with Gasteiger partial charge in [-0.2, -0.15) is 0 Å². The zero-order chi connectivity index (χ0) is 13.1. The number of hydrogen-bond acceptors (Lipinski definition) is 5. The molecule has 6 heteroatoms.